The second kappa shape index (κ2) is 18.8. The van der Waals surface area contributed by atoms with E-state index in [1.807, 2.05) is 30.3 Å². The summed E-state index contributed by atoms with van der Waals surface area (Å²) in [6.07, 6.45) is 5.17. The van der Waals surface area contributed by atoms with Crippen LogP contribution >= 0.6 is 0 Å². The first-order valence-electron chi connectivity index (χ1n) is 16.8. The first kappa shape index (κ1) is 37.1. The highest BCUT2D eigenvalue weighted by atomic mass is 16.7. The fourth-order valence-corrected chi connectivity index (χ4v) is 6.38. The van der Waals surface area contributed by atoms with E-state index in [0.717, 1.165) is 49.0 Å². The van der Waals surface area contributed by atoms with Crippen molar-refractivity contribution in [2.45, 2.75) is 77.2 Å². The molecule has 3 aromatic carbocycles. The van der Waals surface area contributed by atoms with Gasteiger partial charge in [-0.1, -0.05) is 51.3 Å². The number of anilines is 1. The summed E-state index contributed by atoms with van der Waals surface area (Å²) in [6.45, 7) is 4.25. The molecule has 264 valence electrons. The fourth-order valence-electron chi connectivity index (χ4n) is 6.38. The topological polar surface area (TPSA) is 139 Å². The van der Waals surface area contributed by atoms with Crippen LogP contribution < -0.4 is 19.9 Å². The zero-order valence-electron chi connectivity index (χ0n) is 28.7. The van der Waals surface area contributed by atoms with Crippen molar-refractivity contribution in [3.8, 4) is 11.5 Å². The van der Waals surface area contributed by atoms with Gasteiger partial charge in [-0.3, -0.25) is 14.9 Å². The quantitative estimate of drug-likeness (QED) is 0.0907. The molecular formula is C37H47N3O9. The summed E-state index contributed by atoms with van der Waals surface area (Å²) < 4.78 is 27.2. The molecule has 0 aliphatic heterocycles. The third kappa shape index (κ3) is 10.2. The Balaban J connectivity index is 1.66. The summed E-state index contributed by atoms with van der Waals surface area (Å²) in [5.41, 5.74) is 5.72. The number of hydrogen-bond donors (Lipinski definition) is 1. The van der Waals surface area contributed by atoms with Crippen LogP contribution in [-0.4, -0.2) is 44.7 Å². The van der Waals surface area contributed by atoms with Crippen LogP contribution in [0.25, 0.3) is 0 Å². The Labute approximate surface area is 287 Å². The lowest BCUT2D eigenvalue weighted by molar-refractivity contribution is -0.384. The molecule has 1 aliphatic rings. The number of nitro benzene ring substituents is 1. The van der Waals surface area contributed by atoms with E-state index < -0.39 is 11.0 Å². The summed E-state index contributed by atoms with van der Waals surface area (Å²) >= 11 is 0. The molecule has 2 unspecified atom stereocenters. The molecule has 0 aromatic heterocycles. The summed E-state index contributed by atoms with van der Waals surface area (Å²) in [5.74, 6) is 0.783. The highest BCUT2D eigenvalue weighted by Gasteiger charge is 2.32. The second-order valence-corrected chi connectivity index (χ2v) is 12.0. The normalized spacial score (nSPS) is 14.4. The number of hydrogen-bond acceptors (Lipinski definition) is 9. The molecule has 3 aromatic rings. The number of nitrogens with zero attached hydrogens (tertiary/aromatic N) is 2. The van der Waals surface area contributed by atoms with E-state index in [0.29, 0.717) is 29.8 Å². The van der Waals surface area contributed by atoms with Crippen LogP contribution in [0.3, 0.4) is 0 Å². The van der Waals surface area contributed by atoms with Crippen LogP contribution in [-0.2, 0) is 25.6 Å². The van der Waals surface area contributed by atoms with Crippen molar-refractivity contribution >= 4 is 23.4 Å². The predicted molar refractivity (Wildman–Crippen MR) is 184 cm³/mol. The lowest BCUT2D eigenvalue weighted by Crippen LogP contribution is -2.49. The first-order chi connectivity index (χ1) is 23.8. The van der Waals surface area contributed by atoms with Gasteiger partial charge in [0.05, 0.1) is 4.92 Å². The van der Waals surface area contributed by atoms with Crippen molar-refractivity contribution in [1.29, 1.82) is 0 Å². The monoisotopic (exact) mass is 677 g/mol. The molecule has 1 saturated carbocycles. The van der Waals surface area contributed by atoms with E-state index in [-0.39, 0.29) is 49.5 Å². The molecule has 1 aliphatic carbocycles. The zero-order valence-corrected chi connectivity index (χ0v) is 28.7. The minimum Gasteiger partial charge on any atom is -0.468 e. The molecular weight excluding hydrogens is 630 g/mol. The van der Waals surface area contributed by atoms with Gasteiger partial charge in [-0.2, -0.15) is 0 Å². The van der Waals surface area contributed by atoms with Gasteiger partial charge < -0.3 is 23.7 Å². The summed E-state index contributed by atoms with van der Waals surface area (Å²) in [6, 6.07) is 19.5. The van der Waals surface area contributed by atoms with Gasteiger partial charge >= 0.3 is 6.09 Å². The summed E-state index contributed by atoms with van der Waals surface area (Å²) in [4.78, 5) is 38.0. The third-order valence-corrected chi connectivity index (χ3v) is 8.90. The lowest BCUT2D eigenvalue weighted by atomic mass is 9.78. The van der Waals surface area contributed by atoms with Crippen molar-refractivity contribution in [3.63, 3.8) is 0 Å². The van der Waals surface area contributed by atoms with Gasteiger partial charge in [-0.15, -0.1) is 0 Å². The molecule has 49 heavy (non-hydrogen) atoms. The Morgan fingerprint density at radius 2 is 1.47 bits per heavy atom. The van der Waals surface area contributed by atoms with E-state index >= 15 is 0 Å². The average Bonchev–Trinajstić information content (AvgIpc) is 3.14. The highest BCUT2D eigenvalue weighted by Crippen LogP contribution is 2.42. The van der Waals surface area contributed by atoms with Crippen LogP contribution in [0.1, 0.15) is 87.3 Å². The van der Waals surface area contributed by atoms with E-state index in [2.05, 4.69) is 31.4 Å². The molecule has 2 amide bonds. The van der Waals surface area contributed by atoms with Gasteiger partial charge in [0.15, 0.2) is 13.6 Å². The molecule has 4 rings (SSSR count). The van der Waals surface area contributed by atoms with E-state index in [9.17, 15) is 19.7 Å². The number of amides is 2. The molecule has 0 saturated heterocycles. The van der Waals surface area contributed by atoms with E-state index in [1.165, 1.54) is 36.4 Å². The molecule has 0 bridgehead atoms. The average molecular weight is 678 g/mol. The largest absolute Gasteiger partial charge is 0.468 e. The van der Waals surface area contributed by atoms with Crippen molar-refractivity contribution in [2.24, 2.45) is 5.92 Å². The Morgan fingerprint density at radius 1 is 0.857 bits per heavy atom. The number of rotatable bonds is 16. The van der Waals surface area contributed by atoms with Crippen LogP contribution in [0, 0.1) is 16.0 Å². The Kier molecular flexibility index (Phi) is 14.2. The third-order valence-electron chi connectivity index (χ3n) is 8.90. The number of benzene rings is 3. The zero-order chi connectivity index (χ0) is 35.2. The maximum absolute atomic E-state index is 14.2. The molecule has 0 spiro atoms. The number of nitrogens with one attached hydrogen (secondary N) is 1. The van der Waals surface area contributed by atoms with Gasteiger partial charge in [0.2, 0.25) is 5.91 Å². The molecule has 0 radical (unpaired) electrons. The van der Waals surface area contributed by atoms with Crippen molar-refractivity contribution in [3.05, 3.63) is 93.5 Å². The molecule has 0 heterocycles. The molecule has 1 N–H and O–H groups in total. The molecule has 12 heteroatoms. The Morgan fingerprint density at radius 3 is 2.08 bits per heavy atom. The van der Waals surface area contributed by atoms with E-state index in [1.54, 1.807) is 7.11 Å². The number of carbonyl (C=O) groups excluding carboxylic acids is 2. The Bertz CT molecular complexity index is 1510. The van der Waals surface area contributed by atoms with Gasteiger partial charge in [-0.05, 0) is 90.6 Å². The minimum atomic E-state index is -0.847. The van der Waals surface area contributed by atoms with Gasteiger partial charge in [-0.25, -0.2) is 15.2 Å². The second-order valence-electron chi connectivity index (χ2n) is 12.0. The number of hydrazine groups is 1. The van der Waals surface area contributed by atoms with Gasteiger partial charge in [0, 0.05) is 32.3 Å². The molecule has 1 fully saturated rings. The number of nitro groups is 1. The van der Waals surface area contributed by atoms with E-state index in [4.69, 9.17) is 23.7 Å². The highest BCUT2D eigenvalue weighted by molar-refractivity contribution is 5.98. The number of ether oxygens (including phenoxy) is 5. The number of carbonyl (C=O) groups is 2. The van der Waals surface area contributed by atoms with Crippen molar-refractivity contribution < 1.29 is 38.2 Å². The van der Waals surface area contributed by atoms with Crippen LogP contribution in [0.2, 0.25) is 0 Å². The van der Waals surface area contributed by atoms with Crippen LogP contribution in [0.4, 0.5) is 16.2 Å². The van der Waals surface area contributed by atoms with Crippen LogP contribution in [0.15, 0.2) is 66.7 Å². The van der Waals surface area contributed by atoms with Gasteiger partial charge in [0.25, 0.3) is 5.69 Å². The predicted octanol–water partition coefficient (Wildman–Crippen LogP) is 8.00. The number of methoxy groups -OCH3 is 2. The summed E-state index contributed by atoms with van der Waals surface area (Å²) in [5, 5.41) is 12.3. The maximum atomic E-state index is 14.2. The van der Waals surface area contributed by atoms with Crippen molar-refractivity contribution in [1.82, 2.24) is 5.43 Å². The molecule has 12 nitrogen and oxygen atoms in total. The fraction of sp³-hybridized carbons (Fsp3) is 0.459. The molecule has 2 atom stereocenters. The van der Waals surface area contributed by atoms with Gasteiger partial charge in [0.1, 0.15) is 23.8 Å². The first-order valence-corrected chi connectivity index (χ1v) is 16.8. The lowest BCUT2D eigenvalue weighted by Gasteiger charge is -2.32. The number of non-ortho nitro benzene ring substituents is 1. The SMILES string of the molecule is CCC(c1ccc(OCOC)cc1)C(CC)c1ccc(OCOC)c(N(NC(=O)OCc2ccc([N+](=O)[O-])cc2)C(=O)C2CCCCC2)c1. The summed E-state index contributed by atoms with van der Waals surface area (Å²) in [7, 11) is 3.09. The Hall–Kier alpha value is -4.68. The maximum Gasteiger partial charge on any atom is 0.426 e. The minimum absolute atomic E-state index is 0.0608. The standard InChI is InChI=1S/C37H47N3O9/c1-5-32(27-14-19-31(20-15-27)48-24-45-3)33(6-2)29-16-21-35(49-25-46-4)34(22-29)39(36(41)28-10-8-7-9-11-28)38-37(42)47-23-26-12-17-30(18-13-26)40(43)44/h12-22,28,32-33H,5-11,23-25H2,1-4H3,(H,38,42). The smallest absolute Gasteiger partial charge is 0.426 e. The van der Waals surface area contributed by atoms with Crippen molar-refractivity contribution in [2.75, 3.05) is 32.8 Å². The van der Waals surface area contributed by atoms with Crippen LogP contribution in [0.5, 0.6) is 11.5 Å².